The molecule has 16 heavy (non-hydrogen) atoms. The van der Waals surface area contributed by atoms with Crippen molar-refractivity contribution in [3.05, 3.63) is 12.2 Å². The second-order valence-electron chi connectivity index (χ2n) is 3.42. The standard InChI is InChI=1S/C11H20O4S/c1-9(2)11(12)15-10(7-13-3)8-14-5-4-6-16/h10,16H,1,4-8H2,2-3H3. The molecule has 4 nitrogen and oxygen atoms in total. The van der Waals surface area contributed by atoms with Crippen LogP contribution in [0, 0.1) is 0 Å². The lowest BCUT2D eigenvalue weighted by atomic mass is 10.3. The van der Waals surface area contributed by atoms with Gasteiger partial charge in [0.05, 0.1) is 13.2 Å². The van der Waals surface area contributed by atoms with E-state index in [0.717, 1.165) is 12.2 Å². The molecule has 5 heteroatoms. The van der Waals surface area contributed by atoms with Crippen LogP contribution in [0.15, 0.2) is 12.2 Å². The van der Waals surface area contributed by atoms with Crippen LogP contribution in [-0.4, -0.2) is 44.8 Å². The highest BCUT2D eigenvalue weighted by molar-refractivity contribution is 7.80. The fourth-order valence-electron chi connectivity index (χ4n) is 0.935. The molecule has 0 aliphatic carbocycles. The van der Waals surface area contributed by atoms with E-state index in [1.54, 1.807) is 14.0 Å². The van der Waals surface area contributed by atoms with E-state index < -0.39 is 5.97 Å². The lowest BCUT2D eigenvalue weighted by molar-refractivity contribution is -0.150. The van der Waals surface area contributed by atoms with Crippen molar-refractivity contribution >= 4 is 18.6 Å². The molecule has 1 unspecified atom stereocenters. The Morgan fingerprint density at radius 1 is 1.44 bits per heavy atom. The summed E-state index contributed by atoms with van der Waals surface area (Å²) in [5.41, 5.74) is 0.372. The van der Waals surface area contributed by atoms with Gasteiger partial charge in [-0.2, -0.15) is 12.6 Å². The lowest BCUT2D eigenvalue weighted by Gasteiger charge is -2.17. The highest BCUT2D eigenvalue weighted by Gasteiger charge is 2.14. The van der Waals surface area contributed by atoms with Gasteiger partial charge in [0.1, 0.15) is 6.10 Å². The maximum Gasteiger partial charge on any atom is 0.333 e. The SMILES string of the molecule is C=C(C)C(=O)OC(COC)COCCCS. The summed E-state index contributed by atoms with van der Waals surface area (Å²) in [5.74, 6) is 0.361. The van der Waals surface area contributed by atoms with Crippen LogP contribution in [-0.2, 0) is 19.0 Å². The van der Waals surface area contributed by atoms with Gasteiger partial charge < -0.3 is 14.2 Å². The summed E-state index contributed by atoms with van der Waals surface area (Å²) in [6.45, 7) is 6.38. The molecule has 94 valence electrons. The summed E-state index contributed by atoms with van der Waals surface area (Å²) in [6, 6.07) is 0. The summed E-state index contributed by atoms with van der Waals surface area (Å²) in [7, 11) is 1.55. The predicted octanol–water partition coefficient (Wildman–Crippen LogP) is 1.46. The van der Waals surface area contributed by atoms with Crippen LogP contribution in [0.2, 0.25) is 0 Å². The van der Waals surface area contributed by atoms with Crippen LogP contribution < -0.4 is 0 Å². The molecular formula is C11H20O4S. The van der Waals surface area contributed by atoms with Crippen molar-refractivity contribution in [1.29, 1.82) is 0 Å². The van der Waals surface area contributed by atoms with E-state index in [1.807, 2.05) is 0 Å². The fourth-order valence-corrected chi connectivity index (χ4v) is 1.06. The average Bonchev–Trinajstić information content (AvgIpc) is 2.24. The molecule has 0 aromatic heterocycles. The lowest BCUT2D eigenvalue weighted by Crippen LogP contribution is -2.28. The van der Waals surface area contributed by atoms with Crippen LogP contribution in [0.4, 0.5) is 0 Å². The van der Waals surface area contributed by atoms with E-state index in [2.05, 4.69) is 19.2 Å². The van der Waals surface area contributed by atoms with Crippen molar-refractivity contribution in [2.75, 3.05) is 32.7 Å². The molecule has 0 aliphatic rings. The third-order valence-electron chi connectivity index (χ3n) is 1.73. The van der Waals surface area contributed by atoms with E-state index in [1.165, 1.54) is 0 Å². The van der Waals surface area contributed by atoms with Crippen LogP contribution in [0.25, 0.3) is 0 Å². The summed E-state index contributed by atoms with van der Waals surface area (Å²) < 4.78 is 15.4. The Bertz CT molecular complexity index is 218. The zero-order valence-electron chi connectivity index (χ0n) is 9.90. The largest absolute Gasteiger partial charge is 0.454 e. The summed E-state index contributed by atoms with van der Waals surface area (Å²) in [5, 5.41) is 0. The maximum atomic E-state index is 11.3. The third kappa shape index (κ3) is 7.73. The fraction of sp³-hybridized carbons (Fsp3) is 0.727. The maximum absolute atomic E-state index is 11.3. The zero-order chi connectivity index (χ0) is 12.4. The first kappa shape index (κ1) is 15.5. The summed E-state index contributed by atoms with van der Waals surface area (Å²) in [4.78, 5) is 11.3. The van der Waals surface area contributed by atoms with Crippen molar-refractivity contribution < 1.29 is 19.0 Å². The van der Waals surface area contributed by atoms with E-state index in [-0.39, 0.29) is 6.10 Å². The van der Waals surface area contributed by atoms with Crippen LogP contribution in [0.5, 0.6) is 0 Å². The van der Waals surface area contributed by atoms with E-state index >= 15 is 0 Å². The summed E-state index contributed by atoms with van der Waals surface area (Å²) >= 11 is 4.07. The molecule has 0 saturated heterocycles. The molecule has 0 N–H and O–H groups in total. The highest BCUT2D eigenvalue weighted by atomic mass is 32.1. The number of esters is 1. The quantitative estimate of drug-likeness (QED) is 0.290. The Labute approximate surface area is 102 Å². The van der Waals surface area contributed by atoms with Gasteiger partial charge in [-0.25, -0.2) is 4.79 Å². The number of carbonyl (C=O) groups excluding carboxylic acids is 1. The van der Waals surface area contributed by atoms with E-state index in [4.69, 9.17) is 14.2 Å². The average molecular weight is 248 g/mol. The molecule has 0 radical (unpaired) electrons. The molecule has 0 aromatic carbocycles. The monoisotopic (exact) mass is 248 g/mol. The second kappa shape index (κ2) is 9.69. The third-order valence-corrected chi connectivity index (χ3v) is 2.04. The molecule has 0 fully saturated rings. The van der Waals surface area contributed by atoms with E-state index in [0.29, 0.717) is 25.4 Å². The number of methoxy groups -OCH3 is 1. The van der Waals surface area contributed by atoms with Crippen LogP contribution in [0.3, 0.4) is 0 Å². The van der Waals surface area contributed by atoms with E-state index in [9.17, 15) is 4.79 Å². The first-order valence-corrected chi connectivity index (χ1v) is 5.79. The first-order chi connectivity index (χ1) is 7.61. The van der Waals surface area contributed by atoms with Gasteiger partial charge in [-0.15, -0.1) is 0 Å². The Morgan fingerprint density at radius 3 is 2.62 bits per heavy atom. The molecule has 0 spiro atoms. The van der Waals surface area contributed by atoms with Gasteiger partial charge in [0.15, 0.2) is 0 Å². The second-order valence-corrected chi connectivity index (χ2v) is 3.86. The molecule has 0 amide bonds. The molecule has 0 saturated carbocycles. The van der Waals surface area contributed by atoms with Gasteiger partial charge in [-0.3, -0.25) is 0 Å². The molecule has 0 rings (SSSR count). The number of hydrogen-bond donors (Lipinski definition) is 1. The smallest absolute Gasteiger partial charge is 0.333 e. The van der Waals surface area contributed by atoms with Gasteiger partial charge in [-0.1, -0.05) is 6.58 Å². The molecule has 0 aliphatic heterocycles. The van der Waals surface area contributed by atoms with Gasteiger partial charge in [0, 0.05) is 19.3 Å². The Hall–Kier alpha value is -0.520. The van der Waals surface area contributed by atoms with Gasteiger partial charge in [-0.05, 0) is 19.1 Å². The first-order valence-electron chi connectivity index (χ1n) is 5.15. The Balaban J connectivity index is 3.87. The number of thiol groups is 1. The minimum atomic E-state index is -0.417. The van der Waals surface area contributed by atoms with Gasteiger partial charge in [0.2, 0.25) is 0 Å². The molecule has 0 bridgehead atoms. The predicted molar refractivity (Wildman–Crippen MR) is 65.9 cm³/mol. The Morgan fingerprint density at radius 2 is 2.12 bits per heavy atom. The van der Waals surface area contributed by atoms with Crippen molar-refractivity contribution in [3.8, 4) is 0 Å². The normalized spacial score (nSPS) is 12.2. The number of carbonyl (C=O) groups is 1. The molecule has 0 heterocycles. The minimum Gasteiger partial charge on any atom is -0.454 e. The zero-order valence-corrected chi connectivity index (χ0v) is 10.8. The molecule has 0 aromatic rings. The topological polar surface area (TPSA) is 44.8 Å². The minimum absolute atomic E-state index is 0.319. The van der Waals surface area contributed by atoms with Crippen LogP contribution >= 0.6 is 12.6 Å². The number of hydrogen-bond acceptors (Lipinski definition) is 5. The van der Waals surface area contributed by atoms with Gasteiger partial charge in [0.25, 0.3) is 0 Å². The van der Waals surface area contributed by atoms with Crippen molar-refractivity contribution in [1.82, 2.24) is 0 Å². The highest BCUT2D eigenvalue weighted by Crippen LogP contribution is 2.01. The molecular weight excluding hydrogens is 228 g/mol. The van der Waals surface area contributed by atoms with Gasteiger partial charge >= 0.3 is 5.97 Å². The van der Waals surface area contributed by atoms with Crippen LogP contribution in [0.1, 0.15) is 13.3 Å². The number of rotatable bonds is 9. The molecule has 1 atom stereocenters. The number of ether oxygens (including phenoxy) is 3. The van der Waals surface area contributed by atoms with Crippen molar-refractivity contribution in [2.45, 2.75) is 19.4 Å². The van der Waals surface area contributed by atoms with Crippen molar-refractivity contribution in [2.24, 2.45) is 0 Å². The van der Waals surface area contributed by atoms with Crippen molar-refractivity contribution in [3.63, 3.8) is 0 Å². The summed E-state index contributed by atoms with van der Waals surface area (Å²) in [6.07, 6.45) is 0.492. The Kier molecular flexibility index (Phi) is 9.37.